The van der Waals surface area contributed by atoms with E-state index < -0.39 is 0 Å². The van der Waals surface area contributed by atoms with E-state index in [0.29, 0.717) is 30.0 Å². The number of hydrogen-bond acceptors (Lipinski definition) is 5. The van der Waals surface area contributed by atoms with Gasteiger partial charge in [-0.3, -0.25) is 0 Å². The highest BCUT2D eigenvalue weighted by Gasteiger charge is 2.65. The summed E-state index contributed by atoms with van der Waals surface area (Å²) in [6.45, 7) is 4.37. The maximum atomic E-state index is 6.14. The van der Waals surface area contributed by atoms with Gasteiger partial charge in [0.15, 0.2) is 11.8 Å². The second-order valence-electron chi connectivity index (χ2n) is 8.47. The first kappa shape index (κ1) is 20.0. The van der Waals surface area contributed by atoms with Crippen LogP contribution < -0.4 is 10.6 Å². The van der Waals surface area contributed by atoms with E-state index in [4.69, 9.17) is 9.73 Å². The topological polar surface area (TPSA) is 76.4 Å². The number of hydrogen-bond donors (Lipinski definition) is 2. The van der Waals surface area contributed by atoms with E-state index in [1.807, 2.05) is 30.3 Å². The Morgan fingerprint density at radius 1 is 1.36 bits per heavy atom. The number of aromatic nitrogens is 3. The molecule has 0 amide bonds. The molecule has 1 saturated heterocycles. The van der Waals surface area contributed by atoms with Crippen LogP contribution in [0.1, 0.15) is 50.2 Å². The molecule has 3 atom stereocenters. The number of aryl methyl sites for hydroxylation is 1. The number of rotatable bonds is 7. The minimum Gasteiger partial charge on any atom is -0.377 e. The number of nitrogens with one attached hydrogen (secondary N) is 2. The number of aliphatic imine (C=N–C) groups is 1. The summed E-state index contributed by atoms with van der Waals surface area (Å²) in [6, 6.07) is 0.482. The van der Waals surface area contributed by atoms with Crippen LogP contribution in [0.5, 0.6) is 0 Å². The lowest BCUT2D eigenvalue weighted by atomic mass is 9.54. The molecule has 4 rings (SSSR count). The highest BCUT2D eigenvalue weighted by atomic mass is 32.2. The van der Waals surface area contributed by atoms with Crippen LogP contribution in [0.15, 0.2) is 4.99 Å². The van der Waals surface area contributed by atoms with E-state index in [9.17, 15) is 0 Å². The van der Waals surface area contributed by atoms with Gasteiger partial charge in [-0.05, 0) is 44.6 Å². The van der Waals surface area contributed by atoms with Gasteiger partial charge in [0, 0.05) is 37.6 Å². The number of fused-ring (bicyclic) bond motifs is 2. The van der Waals surface area contributed by atoms with E-state index in [1.165, 1.54) is 32.1 Å². The number of guanidine groups is 1. The van der Waals surface area contributed by atoms with Crippen LogP contribution in [0.3, 0.4) is 0 Å². The molecular weight excluding hydrogens is 372 g/mol. The van der Waals surface area contributed by atoms with Gasteiger partial charge in [-0.15, -0.1) is 10.2 Å². The van der Waals surface area contributed by atoms with Crippen molar-refractivity contribution in [3.63, 3.8) is 0 Å². The van der Waals surface area contributed by atoms with Crippen molar-refractivity contribution < 1.29 is 4.74 Å². The van der Waals surface area contributed by atoms with Crippen LogP contribution in [0.4, 0.5) is 0 Å². The fourth-order valence-electron chi connectivity index (χ4n) is 5.37. The number of thioether (sulfide) groups is 1. The van der Waals surface area contributed by atoms with Gasteiger partial charge in [0.05, 0.1) is 6.10 Å². The molecule has 3 fully saturated rings. The Kier molecular flexibility index (Phi) is 6.16. The molecule has 3 aliphatic rings. The first-order chi connectivity index (χ1) is 13.7. The zero-order chi connectivity index (χ0) is 19.6. The predicted molar refractivity (Wildman–Crippen MR) is 114 cm³/mol. The Morgan fingerprint density at radius 3 is 2.89 bits per heavy atom. The molecule has 7 nitrogen and oxygen atoms in total. The standard InChI is InChI=1S/C20H34N6OS/c1-14-24-25-16(26(14)2)13-22-19(21-10-6-12-28-3)23-17-15-7-11-27-18(15)20(17)8-4-5-9-20/h15,17-18H,4-13H2,1-3H3,(H2,21,22,23). The van der Waals surface area contributed by atoms with Crippen molar-refractivity contribution in [2.75, 3.05) is 25.2 Å². The van der Waals surface area contributed by atoms with Gasteiger partial charge in [-0.1, -0.05) is 12.8 Å². The summed E-state index contributed by atoms with van der Waals surface area (Å²) in [4.78, 5) is 4.88. The molecule has 1 aliphatic heterocycles. The lowest BCUT2D eigenvalue weighted by Crippen LogP contribution is -2.69. The van der Waals surface area contributed by atoms with Gasteiger partial charge in [0.2, 0.25) is 0 Å². The molecule has 156 valence electrons. The van der Waals surface area contributed by atoms with Crippen LogP contribution in [-0.4, -0.2) is 58.0 Å². The Balaban J connectivity index is 1.46. The van der Waals surface area contributed by atoms with Crippen LogP contribution in [0.2, 0.25) is 0 Å². The molecule has 1 aromatic heterocycles. The van der Waals surface area contributed by atoms with Gasteiger partial charge in [-0.2, -0.15) is 11.8 Å². The van der Waals surface area contributed by atoms with Crippen molar-refractivity contribution in [3.05, 3.63) is 11.6 Å². The average molecular weight is 407 g/mol. The number of nitrogens with zero attached hydrogens (tertiary/aromatic N) is 4. The van der Waals surface area contributed by atoms with Crippen molar-refractivity contribution in [1.82, 2.24) is 25.4 Å². The highest BCUT2D eigenvalue weighted by molar-refractivity contribution is 7.98. The molecule has 0 radical (unpaired) electrons. The monoisotopic (exact) mass is 406 g/mol. The average Bonchev–Trinajstić information content (AvgIpc) is 3.42. The number of ether oxygens (including phenoxy) is 1. The van der Waals surface area contributed by atoms with Gasteiger partial charge in [0.1, 0.15) is 12.4 Å². The third-order valence-corrected chi connectivity index (χ3v) is 7.65. The summed E-state index contributed by atoms with van der Waals surface area (Å²) in [6.07, 6.45) is 10.2. The minimum absolute atomic E-state index is 0.324. The second-order valence-corrected chi connectivity index (χ2v) is 9.45. The van der Waals surface area contributed by atoms with Crippen LogP contribution >= 0.6 is 11.8 Å². The Bertz CT molecular complexity index is 699. The molecule has 2 saturated carbocycles. The van der Waals surface area contributed by atoms with E-state index in [0.717, 1.165) is 42.9 Å². The van der Waals surface area contributed by atoms with Crippen LogP contribution in [-0.2, 0) is 18.3 Å². The van der Waals surface area contributed by atoms with Crippen molar-refractivity contribution in [3.8, 4) is 0 Å². The molecule has 3 unspecified atom stereocenters. The largest absolute Gasteiger partial charge is 0.377 e. The summed E-state index contributed by atoms with van der Waals surface area (Å²) in [5.41, 5.74) is 0.324. The first-order valence-electron chi connectivity index (χ1n) is 10.7. The quantitative estimate of drug-likeness (QED) is 0.411. The fourth-order valence-corrected chi connectivity index (χ4v) is 5.80. The maximum absolute atomic E-state index is 6.14. The van der Waals surface area contributed by atoms with E-state index in [2.05, 4.69) is 27.1 Å². The Morgan fingerprint density at radius 2 is 2.18 bits per heavy atom. The van der Waals surface area contributed by atoms with E-state index in [1.54, 1.807) is 0 Å². The van der Waals surface area contributed by atoms with Gasteiger partial charge >= 0.3 is 0 Å². The van der Waals surface area contributed by atoms with Gasteiger partial charge < -0.3 is 19.9 Å². The van der Waals surface area contributed by atoms with Crippen molar-refractivity contribution in [2.24, 2.45) is 23.4 Å². The summed E-state index contributed by atoms with van der Waals surface area (Å²) in [5, 5.41) is 15.8. The maximum Gasteiger partial charge on any atom is 0.191 e. The summed E-state index contributed by atoms with van der Waals surface area (Å²) >= 11 is 1.89. The molecule has 8 heteroatoms. The smallest absolute Gasteiger partial charge is 0.191 e. The molecule has 0 bridgehead atoms. The molecule has 0 aromatic carbocycles. The molecule has 1 spiro atoms. The Labute approximate surface area is 172 Å². The molecule has 1 aromatic rings. The first-order valence-corrected chi connectivity index (χ1v) is 12.1. The molecule has 2 N–H and O–H groups in total. The van der Waals surface area contributed by atoms with Crippen molar-refractivity contribution in [2.45, 2.75) is 64.1 Å². The lowest BCUT2D eigenvalue weighted by molar-refractivity contribution is -0.125. The van der Waals surface area contributed by atoms with Gasteiger partial charge in [0.25, 0.3) is 0 Å². The fraction of sp³-hybridized carbons (Fsp3) is 0.850. The molecule has 28 heavy (non-hydrogen) atoms. The zero-order valence-corrected chi connectivity index (χ0v) is 18.2. The Hall–Kier alpha value is -1.28. The SMILES string of the molecule is CSCCCNC(=NCc1nnc(C)n1C)NC1C2CCOC2C12CCCC2. The van der Waals surface area contributed by atoms with Crippen molar-refractivity contribution >= 4 is 17.7 Å². The van der Waals surface area contributed by atoms with Crippen LogP contribution in [0.25, 0.3) is 0 Å². The molecule has 2 heterocycles. The minimum atomic E-state index is 0.324. The summed E-state index contributed by atoms with van der Waals surface area (Å²) in [7, 11) is 2.00. The summed E-state index contributed by atoms with van der Waals surface area (Å²) < 4.78 is 8.15. The van der Waals surface area contributed by atoms with Crippen molar-refractivity contribution in [1.29, 1.82) is 0 Å². The highest BCUT2D eigenvalue weighted by Crippen LogP contribution is 2.60. The summed E-state index contributed by atoms with van der Waals surface area (Å²) in [5.74, 6) is 4.53. The van der Waals surface area contributed by atoms with Gasteiger partial charge in [-0.25, -0.2) is 4.99 Å². The van der Waals surface area contributed by atoms with E-state index >= 15 is 0 Å². The molecule has 2 aliphatic carbocycles. The lowest BCUT2D eigenvalue weighted by Gasteiger charge is -2.57. The second kappa shape index (κ2) is 8.61. The normalized spacial score (nSPS) is 28.4. The third kappa shape index (κ3) is 3.65. The zero-order valence-electron chi connectivity index (χ0n) is 17.4. The van der Waals surface area contributed by atoms with Crippen LogP contribution in [0, 0.1) is 18.3 Å². The predicted octanol–water partition coefficient (Wildman–Crippen LogP) is 2.26. The molecular formula is C20H34N6OS. The van der Waals surface area contributed by atoms with E-state index in [-0.39, 0.29) is 0 Å². The third-order valence-electron chi connectivity index (χ3n) is 6.96.